The maximum Gasteiger partial charge on any atom is 0.306 e. The SMILES string of the molecule is CCOC(=O)CCC(=O)c1nc(-c2cccc(Cl)c2)ccc1O. The van der Waals surface area contributed by atoms with E-state index >= 15 is 0 Å². The number of esters is 1. The summed E-state index contributed by atoms with van der Waals surface area (Å²) in [5.41, 5.74) is 1.19. The lowest BCUT2D eigenvalue weighted by atomic mass is 10.1. The summed E-state index contributed by atoms with van der Waals surface area (Å²) >= 11 is 5.95. The lowest BCUT2D eigenvalue weighted by Crippen LogP contribution is -2.09. The predicted octanol–water partition coefficient (Wildman–Crippen LogP) is 3.63. The van der Waals surface area contributed by atoms with E-state index < -0.39 is 11.8 Å². The van der Waals surface area contributed by atoms with E-state index in [0.29, 0.717) is 10.7 Å². The number of hydrogen-bond acceptors (Lipinski definition) is 5. The number of carbonyl (C=O) groups excluding carboxylic acids is 2. The van der Waals surface area contributed by atoms with Crippen LogP contribution < -0.4 is 0 Å². The Morgan fingerprint density at radius 2 is 2.00 bits per heavy atom. The Kier molecular flexibility index (Phi) is 5.71. The van der Waals surface area contributed by atoms with Crippen molar-refractivity contribution in [1.82, 2.24) is 4.98 Å². The summed E-state index contributed by atoms with van der Waals surface area (Å²) in [6, 6.07) is 10.0. The minimum atomic E-state index is -0.452. The van der Waals surface area contributed by atoms with Crippen molar-refractivity contribution in [3.05, 3.63) is 47.1 Å². The second-order valence-electron chi connectivity index (χ2n) is 4.80. The quantitative estimate of drug-likeness (QED) is 0.645. The zero-order chi connectivity index (χ0) is 16.8. The maximum absolute atomic E-state index is 12.2. The summed E-state index contributed by atoms with van der Waals surface area (Å²) < 4.78 is 4.78. The van der Waals surface area contributed by atoms with Crippen molar-refractivity contribution in [2.75, 3.05) is 6.61 Å². The Hall–Kier alpha value is -2.40. The number of ether oxygens (including phenoxy) is 1. The van der Waals surface area contributed by atoms with Crippen LogP contribution in [-0.2, 0) is 9.53 Å². The minimum Gasteiger partial charge on any atom is -0.506 e. The highest BCUT2D eigenvalue weighted by molar-refractivity contribution is 6.30. The molecule has 1 aromatic carbocycles. The van der Waals surface area contributed by atoms with Crippen LogP contribution in [0.25, 0.3) is 11.3 Å². The molecule has 6 heteroatoms. The average Bonchev–Trinajstić information content (AvgIpc) is 2.53. The third-order valence-corrected chi connectivity index (χ3v) is 3.36. The number of aromatic hydroxyl groups is 1. The summed E-state index contributed by atoms with van der Waals surface area (Å²) in [5.74, 6) is -1.09. The van der Waals surface area contributed by atoms with Gasteiger partial charge in [-0.2, -0.15) is 0 Å². The first kappa shape index (κ1) is 17.0. The van der Waals surface area contributed by atoms with E-state index in [2.05, 4.69) is 4.98 Å². The van der Waals surface area contributed by atoms with E-state index in [9.17, 15) is 14.7 Å². The number of nitrogens with zero attached hydrogens (tertiary/aromatic N) is 1. The molecule has 1 heterocycles. The molecule has 1 N–H and O–H groups in total. The zero-order valence-corrected chi connectivity index (χ0v) is 13.3. The number of hydrogen-bond donors (Lipinski definition) is 1. The summed E-state index contributed by atoms with van der Waals surface area (Å²) in [4.78, 5) is 27.7. The van der Waals surface area contributed by atoms with Gasteiger partial charge in [-0.25, -0.2) is 4.98 Å². The molecule has 120 valence electrons. The molecular formula is C17H16ClNO4. The Bertz CT molecular complexity index is 730. The Morgan fingerprint density at radius 3 is 2.70 bits per heavy atom. The third kappa shape index (κ3) is 4.53. The van der Waals surface area contributed by atoms with E-state index in [0.717, 1.165) is 5.56 Å². The molecule has 0 aliphatic carbocycles. The standard InChI is InChI=1S/C17H16ClNO4/c1-2-23-16(22)9-8-15(21)17-14(20)7-6-13(19-17)11-4-3-5-12(18)10-11/h3-7,10,20H,2,8-9H2,1H3. The van der Waals surface area contributed by atoms with Crippen LogP contribution in [0, 0.1) is 0 Å². The molecule has 0 saturated carbocycles. The van der Waals surface area contributed by atoms with Crippen molar-refractivity contribution >= 4 is 23.4 Å². The Labute approximate surface area is 138 Å². The highest BCUT2D eigenvalue weighted by atomic mass is 35.5. The molecule has 2 rings (SSSR count). The summed E-state index contributed by atoms with van der Waals surface area (Å²) in [7, 11) is 0. The number of rotatable bonds is 6. The van der Waals surface area contributed by atoms with Crippen LogP contribution >= 0.6 is 11.6 Å². The molecule has 5 nitrogen and oxygen atoms in total. The van der Waals surface area contributed by atoms with Crippen molar-refractivity contribution in [2.45, 2.75) is 19.8 Å². The fourth-order valence-corrected chi connectivity index (χ4v) is 2.22. The molecule has 0 aliphatic rings. The molecule has 0 spiro atoms. The van der Waals surface area contributed by atoms with Gasteiger partial charge in [0.15, 0.2) is 5.78 Å². The van der Waals surface area contributed by atoms with Crippen molar-refractivity contribution in [1.29, 1.82) is 0 Å². The van der Waals surface area contributed by atoms with Gasteiger partial charge in [-0.1, -0.05) is 23.7 Å². The summed E-state index contributed by atoms with van der Waals surface area (Å²) in [6.45, 7) is 1.96. The molecule has 0 unspecified atom stereocenters. The number of Topliss-reactive ketones (excluding diaryl/α,β-unsaturated/α-hetero) is 1. The lowest BCUT2D eigenvalue weighted by Gasteiger charge is -2.07. The van der Waals surface area contributed by atoms with Gasteiger partial charge >= 0.3 is 5.97 Å². The Balaban J connectivity index is 2.20. The topological polar surface area (TPSA) is 76.5 Å². The second kappa shape index (κ2) is 7.74. The van der Waals surface area contributed by atoms with Crippen LogP contribution in [0.2, 0.25) is 5.02 Å². The van der Waals surface area contributed by atoms with Gasteiger partial charge in [0, 0.05) is 17.0 Å². The first-order valence-corrected chi connectivity index (χ1v) is 7.54. The predicted molar refractivity (Wildman–Crippen MR) is 86.5 cm³/mol. The molecule has 23 heavy (non-hydrogen) atoms. The minimum absolute atomic E-state index is 0.0464. The molecule has 0 aliphatic heterocycles. The molecule has 0 amide bonds. The number of ketones is 1. The highest BCUT2D eigenvalue weighted by Crippen LogP contribution is 2.25. The molecular weight excluding hydrogens is 318 g/mol. The molecule has 0 bridgehead atoms. The van der Waals surface area contributed by atoms with Crippen molar-refractivity contribution in [3.8, 4) is 17.0 Å². The van der Waals surface area contributed by atoms with Gasteiger partial charge in [-0.15, -0.1) is 0 Å². The number of halogens is 1. The van der Waals surface area contributed by atoms with Gasteiger partial charge in [0.25, 0.3) is 0 Å². The van der Waals surface area contributed by atoms with Gasteiger partial charge in [0.1, 0.15) is 11.4 Å². The van der Waals surface area contributed by atoms with Crippen molar-refractivity contribution < 1.29 is 19.4 Å². The zero-order valence-electron chi connectivity index (χ0n) is 12.6. The Morgan fingerprint density at radius 1 is 1.22 bits per heavy atom. The average molecular weight is 334 g/mol. The van der Waals surface area contributed by atoms with Crippen molar-refractivity contribution in [3.63, 3.8) is 0 Å². The smallest absolute Gasteiger partial charge is 0.306 e. The van der Waals surface area contributed by atoms with E-state index in [1.165, 1.54) is 6.07 Å². The highest BCUT2D eigenvalue weighted by Gasteiger charge is 2.16. The third-order valence-electron chi connectivity index (χ3n) is 3.12. The van der Waals surface area contributed by atoms with Crippen molar-refractivity contribution in [2.24, 2.45) is 0 Å². The lowest BCUT2D eigenvalue weighted by molar-refractivity contribution is -0.143. The van der Waals surface area contributed by atoms with Crippen LogP contribution in [0.15, 0.2) is 36.4 Å². The van der Waals surface area contributed by atoms with E-state index in [4.69, 9.17) is 16.3 Å². The van der Waals surface area contributed by atoms with Crippen LogP contribution in [0.5, 0.6) is 5.75 Å². The second-order valence-corrected chi connectivity index (χ2v) is 5.24. The largest absolute Gasteiger partial charge is 0.506 e. The molecule has 0 radical (unpaired) electrons. The van der Waals surface area contributed by atoms with E-state index in [-0.39, 0.29) is 30.9 Å². The monoisotopic (exact) mass is 333 g/mol. The van der Waals surface area contributed by atoms with E-state index in [1.54, 1.807) is 37.3 Å². The molecule has 2 aromatic rings. The fourth-order valence-electron chi connectivity index (χ4n) is 2.03. The summed E-state index contributed by atoms with van der Waals surface area (Å²) in [5, 5.41) is 10.4. The normalized spacial score (nSPS) is 10.3. The van der Waals surface area contributed by atoms with Crippen LogP contribution in [0.4, 0.5) is 0 Å². The van der Waals surface area contributed by atoms with Crippen LogP contribution in [0.1, 0.15) is 30.3 Å². The number of benzene rings is 1. The first-order chi connectivity index (χ1) is 11.0. The van der Waals surface area contributed by atoms with Gasteiger partial charge in [0.05, 0.1) is 18.7 Å². The van der Waals surface area contributed by atoms with Crippen LogP contribution in [-0.4, -0.2) is 28.4 Å². The van der Waals surface area contributed by atoms with Crippen LogP contribution in [0.3, 0.4) is 0 Å². The molecule has 0 saturated heterocycles. The van der Waals surface area contributed by atoms with E-state index in [1.807, 2.05) is 0 Å². The number of carbonyl (C=O) groups is 2. The maximum atomic E-state index is 12.2. The van der Waals surface area contributed by atoms with Gasteiger partial charge in [-0.3, -0.25) is 9.59 Å². The molecule has 1 aromatic heterocycles. The molecule has 0 fully saturated rings. The number of pyridine rings is 1. The number of aromatic nitrogens is 1. The van der Waals surface area contributed by atoms with Gasteiger partial charge < -0.3 is 9.84 Å². The van der Waals surface area contributed by atoms with Gasteiger partial charge in [0.2, 0.25) is 0 Å². The fraction of sp³-hybridized carbons (Fsp3) is 0.235. The summed E-state index contributed by atoms with van der Waals surface area (Å²) in [6.07, 6.45) is -0.117. The first-order valence-electron chi connectivity index (χ1n) is 7.16. The molecule has 0 atom stereocenters. The van der Waals surface area contributed by atoms with Gasteiger partial charge in [-0.05, 0) is 31.2 Å².